The molecule has 12 heavy (non-hydrogen) atoms. The van der Waals surface area contributed by atoms with E-state index in [2.05, 4.69) is 20.9 Å². The lowest BCUT2D eigenvalue weighted by atomic mass is 10.3. The van der Waals surface area contributed by atoms with Crippen LogP contribution in [0.1, 0.15) is 5.69 Å². The molecule has 0 amide bonds. The molecule has 0 aromatic carbocycles. The maximum absolute atomic E-state index is 11.0. The number of halogens is 1. The number of pyridine rings is 1. The lowest BCUT2D eigenvalue weighted by Gasteiger charge is -1.95. The first-order valence-electron chi connectivity index (χ1n) is 3.07. The van der Waals surface area contributed by atoms with Gasteiger partial charge in [-0.3, -0.25) is 14.9 Å². The second-order valence-electron chi connectivity index (χ2n) is 2.06. The number of aromatic nitrogens is 1. The van der Waals surface area contributed by atoms with E-state index in [1.807, 2.05) is 0 Å². The van der Waals surface area contributed by atoms with E-state index in [1.54, 1.807) is 0 Å². The SMILES string of the molecule is O=c1cc[nH]c(CBr)c1[N+](=O)[O-]. The molecule has 1 N–H and O–H groups in total. The molecule has 0 bridgehead atoms. The van der Waals surface area contributed by atoms with Gasteiger partial charge in [0.1, 0.15) is 5.69 Å². The van der Waals surface area contributed by atoms with Crippen molar-refractivity contribution < 1.29 is 4.92 Å². The molecule has 1 aromatic heterocycles. The summed E-state index contributed by atoms with van der Waals surface area (Å²) in [7, 11) is 0. The van der Waals surface area contributed by atoms with E-state index in [0.29, 0.717) is 0 Å². The largest absolute Gasteiger partial charge is 0.359 e. The number of nitrogens with one attached hydrogen (secondary N) is 1. The fourth-order valence-electron chi connectivity index (χ4n) is 0.816. The van der Waals surface area contributed by atoms with E-state index in [9.17, 15) is 14.9 Å². The third kappa shape index (κ3) is 1.53. The molecule has 1 aromatic rings. The van der Waals surface area contributed by atoms with Gasteiger partial charge in [-0.05, 0) is 0 Å². The molecule has 1 heterocycles. The van der Waals surface area contributed by atoms with E-state index >= 15 is 0 Å². The molecule has 0 spiro atoms. The first-order chi connectivity index (χ1) is 5.66. The highest BCUT2D eigenvalue weighted by molar-refractivity contribution is 9.08. The molecule has 0 atom stereocenters. The average Bonchev–Trinajstić information content (AvgIpc) is 2.03. The van der Waals surface area contributed by atoms with Gasteiger partial charge < -0.3 is 4.98 Å². The van der Waals surface area contributed by atoms with Gasteiger partial charge in [0.05, 0.1) is 10.3 Å². The monoisotopic (exact) mass is 232 g/mol. The summed E-state index contributed by atoms with van der Waals surface area (Å²) in [6, 6.07) is 1.13. The van der Waals surface area contributed by atoms with Gasteiger partial charge in [-0.25, -0.2) is 0 Å². The van der Waals surface area contributed by atoms with Gasteiger partial charge in [0.15, 0.2) is 0 Å². The van der Waals surface area contributed by atoms with Crippen LogP contribution in [0, 0.1) is 10.1 Å². The predicted molar refractivity (Wildman–Crippen MR) is 46.3 cm³/mol. The Morgan fingerprint density at radius 3 is 2.75 bits per heavy atom. The fourth-order valence-corrected chi connectivity index (χ4v) is 1.24. The molecule has 5 nitrogen and oxygen atoms in total. The number of hydrogen-bond donors (Lipinski definition) is 1. The molecule has 0 unspecified atom stereocenters. The molecule has 0 aliphatic carbocycles. The van der Waals surface area contributed by atoms with E-state index in [-0.39, 0.29) is 11.0 Å². The van der Waals surface area contributed by atoms with Crippen LogP contribution in [0.2, 0.25) is 0 Å². The Bertz CT molecular complexity index is 360. The molecule has 0 radical (unpaired) electrons. The minimum Gasteiger partial charge on any atom is -0.359 e. The number of nitro groups is 1. The fraction of sp³-hybridized carbons (Fsp3) is 0.167. The Morgan fingerprint density at radius 2 is 2.33 bits per heavy atom. The van der Waals surface area contributed by atoms with Crippen LogP contribution >= 0.6 is 15.9 Å². The zero-order valence-corrected chi connectivity index (χ0v) is 7.50. The van der Waals surface area contributed by atoms with Crippen LogP contribution in [0.15, 0.2) is 17.1 Å². The molecule has 6 heteroatoms. The van der Waals surface area contributed by atoms with Gasteiger partial charge in [0.2, 0.25) is 0 Å². The highest BCUT2D eigenvalue weighted by Gasteiger charge is 2.16. The van der Waals surface area contributed by atoms with Crippen LogP contribution in [-0.4, -0.2) is 9.91 Å². The standard InChI is InChI=1S/C6H5BrN2O3/c7-3-4-6(9(11)12)5(10)1-2-8-4/h1-2H,3H2,(H,8,10). The van der Waals surface area contributed by atoms with Gasteiger partial charge in [-0.1, -0.05) is 15.9 Å². The third-order valence-electron chi connectivity index (χ3n) is 1.33. The van der Waals surface area contributed by atoms with Crippen molar-refractivity contribution >= 4 is 21.6 Å². The van der Waals surface area contributed by atoms with Gasteiger partial charge in [0, 0.05) is 12.3 Å². The number of nitrogens with zero attached hydrogens (tertiary/aromatic N) is 1. The third-order valence-corrected chi connectivity index (χ3v) is 1.89. The molecule has 0 fully saturated rings. The summed E-state index contributed by atoms with van der Waals surface area (Å²) in [4.78, 5) is 23.3. The predicted octanol–water partition coefficient (Wildman–Crippen LogP) is 1.18. The molecule has 0 aliphatic rings. The maximum Gasteiger partial charge on any atom is 0.336 e. The van der Waals surface area contributed by atoms with E-state index in [4.69, 9.17) is 0 Å². The molecule has 0 aliphatic heterocycles. The Hall–Kier alpha value is -1.17. The van der Waals surface area contributed by atoms with E-state index in [0.717, 1.165) is 6.07 Å². The van der Waals surface area contributed by atoms with Crippen LogP contribution in [-0.2, 0) is 5.33 Å². The van der Waals surface area contributed by atoms with E-state index in [1.165, 1.54) is 6.20 Å². The maximum atomic E-state index is 11.0. The minimum absolute atomic E-state index is 0.263. The zero-order chi connectivity index (χ0) is 9.14. The molecule has 64 valence electrons. The summed E-state index contributed by atoms with van der Waals surface area (Å²) < 4.78 is 0. The minimum atomic E-state index is -0.685. The molecule has 0 saturated carbocycles. The summed E-state index contributed by atoms with van der Waals surface area (Å²) in [6.07, 6.45) is 1.38. The first kappa shape index (κ1) is 8.92. The van der Waals surface area contributed by atoms with Crippen molar-refractivity contribution in [2.75, 3.05) is 0 Å². The summed E-state index contributed by atoms with van der Waals surface area (Å²) >= 11 is 3.04. The topological polar surface area (TPSA) is 76.0 Å². The van der Waals surface area contributed by atoms with E-state index < -0.39 is 16.0 Å². The molecule has 1 rings (SSSR count). The number of rotatable bonds is 2. The van der Waals surface area contributed by atoms with Crippen molar-refractivity contribution in [2.45, 2.75) is 5.33 Å². The van der Waals surface area contributed by atoms with Crippen LogP contribution in [0.25, 0.3) is 0 Å². The van der Waals surface area contributed by atoms with Crippen LogP contribution in [0.3, 0.4) is 0 Å². The average molecular weight is 233 g/mol. The van der Waals surface area contributed by atoms with Crippen LogP contribution in [0.5, 0.6) is 0 Å². The van der Waals surface area contributed by atoms with Gasteiger partial charge in [-0.2, -0.15) is 0 Å². The van der Waals surface area contributed by atoms with Gasteiger partial charge in [0.25, 0.3) is 5.43 Å². The Labute approximate surface area is 75.7 Å². The number of alkyl halides is 1. The first-order valence-corrected chi connectivity index (χ1v) is 4.20. The molecular formula is C6H5BrN2O3. The summed E-state index contributed by atoms with van der Waals surface area (Å²) in [5.74, 6) is 0. The van der Waals surface area contributed by atoms with Crippen molar-refractivity contribution in [3.05, 3.63) is 38.3 Å². The number of hydrogen-bond acceptors (Lipinski definition) is 3. The molecule has 0 saturated heterocycles. The second-order valence-corrected chi connectivity index (χ2v) is 2.62. The smallest absolute Gasteiger partial charge is 0.336 e. The zero-order valence-electron chi connectivity index (χ0n) is 5.91. The Morgan fingerprint density at radius 1 is 1.67 bits per heavy atom. The summed E-state index contributed by atoms with van der Waals surface area (Å²) in [6.45, 7) is 0. The molecular weight excluding hydrogens is 228 g/mol. The lowest BCUT2D eigenvalue weighted by Crippen LogP contribution is -2.10. The van der Waals surface area contributed by atoms with Crippen LogP contribution < -0.4 is 5.43 Å². The van der Waals surface area contributed by atoms with Crippen molar-refractivity contribution in [2.24, 2.45) is 0 Å². The summed E-state index contributed by atoms with van der Waals surface area (Å²) in [5.41, 5.74) is -0.685. The van der Waals surface area contributed by atoms with Gasteiger partial charge >= 0.3 is 5.69 Å². The van der Waals surface area contributed by atoms with Crippen LogP contribution in [0.4, 0.5) is 5.69 Å². The van der Waals surface area contributed by atoms with Crippen molar-refractivity contribution in [3.63, 3.8) is 0 Å². The number of aromatic amines is 1. The van der Waals surface area contributed by atoms with Gasteiger partial charge in [-0.15, -0.1) is 0 Å². The van der Waals surface area contributed by atoms with Crippen molar-refractivity contribution in [3.8, 4) is 0 Å². The highest BCUT2D eigenvalue weighted by atomic mass is 79.9. The van der Waals surface area contributed by atoms with Crippen molar-refractivity contribution in [1.82, 2.24) is 4.98 Å². The number of H-pyrrole nitrogens is 1. The Balaban J connectivity index is 3.40. The second kappa shape index (κ2) is 3.48. The summed E-state index contributed by atoms with van der Waals surface area (Å²) in [5, 5.41) is 10.6. The van der Waals surface area contributed by atoms with Crippen molar-refractivity contribution in [1.29, 1.82) is 0 Å². The highest BCUT2D eigenvalue weighted by Crippen LogP contribution is 2.12. The normalized spacial score (nSPS) is 9.75. The lowest BCUT2D eigenvalue weighted by molar-refractivity contribution is -0.386. The Kier molecular flexibility index (Phi) is 2.59. The quantitative estimate of drug-likeness (QED) is 0.473.